The molecular weight excluding hydrogens is 321 g/mol. The summed E-state index contributed by atoms with van der Waals surface area (Å²) in [6.45, 7) is 4.67. The number of anilines is 1. The molecule has 1 aliphatic rings. The van der Waals surface area contributed by atoms with Crippen LogP contribution in [0, 0.1) is 12.7 Å². The molecule has 1 saturated heterocycles. The highest BCUT2D eigenvalue weighted by molar-refractivity contribution is 7.80. The van der Waals surface area contributed by atoms with E-state index in [9.17, 15) is 4.39 Å². The van der Waals surface area contributed by atoms with Crippen molar-refractivity contribution in [1.29, 1.82) is 0 Å². The fraction of sp³-hybridized carbons (Fsp3) is 0.316. The smallest absolute Gasteiger partial charge is 0.174 e. The predicted molar refractivity (Wildman–Crippen MR) is 99.9 cm³/mol. The summed E-state index contributed by atoms with van der Waals surface area (Å²) in [5.41, 5.74) is 2.59. The van der Waals surface area contributed by atoms with Gasteiger partial charge < -0.3 is 15.1 Å². The zero-order valence-electron chi connectivity index (χ0n) is 14.1. The van der Waals surface area contributed by atoms with E-state index in [4.69, 9.17) is 12.2 Å². The summed E-state index contributed by atoms with van der Waals surface area (Å²) < 4.78 is 13.8. The lowest BCUT2D eigenvalue weighted by molar-refractivity contribution is -0.887. The molecule has 2 aromatic carbocycles. The van der Waals surface area contributed by atoms with Crippen molar-refractivity contribution in [3.63, 3.8) is 0 Å². The predicted octanol–water partition coefficient (Wildman–Crippen LogP) is 2.40. The van der Waals surface area contributed by atoms with Gasteiger partial charge in [0.25, 0.3) is 0 Å². The zero-order chi connectivity index (χ0) is 17.1. The third-order valence-corrected chi connectivity index (χ3v) is 4.90. The van der Waals surface area contributed by atoms with Crippen molar-refractivity contribution in [1.82, 2.24) is 4.90 Å². The van der Waals surface area contributed by atoms with Crippen molar-refractivity contribution in [3.05, 3.63) is 65.5 Å². The third kappa shape index (κ3) is 3.74. The lowest BCUT2D eigenvalue weighted by Crippen LogP contribution is -3.12. The molecular formula is C19H23FN3S+. The van der Waals surface area contributed by atoms with E-state index in [0.29, 0.717) is 16.4 Å². The van der Waals surface area contributed by atoms with Gasteiger partial charge in [-0.2, -0.15) is 0 Å². The minimum Gasteiger partial charge on any atom is -0.334 e. The molecule has 1 unspecified atom stereocenters. The van der Waals surface area contributed by atoms with Crippen molar-refractivity contribution in [3.8, 4) is 0 Å². The van der Waals surface area contributed by atoms with Crippen LogP contribution in [0.3, 0.4) is 0 Å². The van der Waals surface area contributed by atoms with Crippen molar-refractivity contribution >= 4 is 23.0 Å². The van der Waals surface area contributed by atoms with Gasteiger partial charge in [0.15, 0.2) is 5.11 Å². The first-order chi connectivity index (χ1) is 11.5. The molecule has 1 aliphatic heterocycles. The lowest BCUT2D eigenvalue weighted by atomic mass is 10.0. The molecule has 1 fully saturated rings. The second-order valence-electron chi connectivity index (χ2n) is 6.43. The van der Waals surface area contributed by atoms with Crippen molar-refractivity contribution in [2.75, 3.05) is 32.0 Å². The number of piperazine rings is 1. The third-order valence-electron chi connectivity index (χ3n) is 4.57. The van der Waals surface area contributed by atoms with Crippen LogP contribution in [0.1, 0.15) is 17.2 Å². The Hall–Kier alpha value is -1.98. The van der Waals surface area contributed by atoms with Crippen LogP contribution >= 0.6 is 12.2 Å². The van der Waals surface area contributed by atoms with Crippen LogP contribution in [-0.4, -0.2) is 36.7 Å². The van der Waals surface area contributed by atoms with E-state index < -0.39 is 0 Å². The van der Waals surface area contributed by atoms with Gasteiger partial charge in [-0.05, 0) is 42.4 Å². The maximum Gasteiger partial charge on any atom is 0.174 e. The number of rotatable bonds is 2. The molecule has 0 radical (unpaired) electrons. The number of benzene rings is 2. The molecule has 0 amide bonds. The highest BCUT2D eigenvalue weighted by Crippen LogP contribution is 2.22. The minimum atomic E-state index is -0.217. The first-order valence-electron chi connectivity index (χ1n) is 8.24. The fourth-order valence-electron chi connectivity index (χ4n) is 3.09. The molecule has 2 atom stereocenters. The topological polar surface area (TPSA) is 19.7 Å². The molecule has 3 rings (SSSR count). The molecule has 0 aliphatic carbocycles. The Bertz CT molecular complexity index is 720. The molecule has 3 nitrogen and oxygen atoms in total. The van der Waals surface area contributed by atoms with Crippen LogP contribution in [0.5, 0.6) is 0 Å². The van der Waals surface area contributed by atoms with Gasteiger partial charge in [0.1, 0.15) is 18.4 Å². The Kier molecular flexibility index (Phi) is 5.11. The fourth-order valence-corrected chi connectivity index (χ4v) is 3.43. The van der Waals surface area contributed by atoms with Crippen LogP contribution in [0.15, 0.2) is 48.5 Å². The van der Waals surface area contributed by atoms with E-state index >= 15 is 0 Å². The molecule has 24 heavy (non-hydrogen) atoms. The number of hydrogen-bond acceptors (Lipinski definition) is 1. The molecule has 2 aromatic rings. The molecule has 5 heteroatoms. The van der Waals surface area contributed by atoms with E-state index in [1.54, 1.807) is 13.0 Å². The van der Waals surface area contributed by atoms with Crippen molar-refractivity contribution in [2.45, 2.75) is 13.0 Å². The normalized spacial score (nSPS) is 20.7. The summed E-state index contributed by atoms with van der Waals surface area (Å²) in [6.07, 6.45) is 0. The second-order valence-corrected chi connectivity index (χ2v) is 6.81. The number of nitrogens with one attached hydrogen (secondary N) is 2. The standard InChI is InChI=1S/C19H22FN3S/c1-14-8-9-16(12-17(14)20)21-19(24)23-11-10-22(2)13-18(23)15-6-4-3-5-7-15/h3-9,12,18H,10-11,13H2,1-2H3,(H,21,24)/p+1/t18-/m1/s1. The maximum absolute atomic E-state index is 13.8. The van der Waals surface area contributed by atoms with Crippen LogP contribution in [0.4, 0.5) is 10.1 Å². The Morgan fingerprint density at radius 2 is 2.00 bits per heavy atom. The number of thiocarbonyl (C=S) groups is 1. The first-order valence-corrected chi connectivity index (χ1v) is 8.65. The van der Waals surface area contributed by atoms with E-state index in [-0.39, 0.29) is 11.9 Å². The van der Waals surface area contributed by atoms with Gasteiger partial charge in [-0.15, -0.1) is 0 Å². The minimum absolute atomic E-state index is 0.217. The molecule has 2 N–H and O–H groups in total. The van der Waals surface area contributed by atoms with E-state index in [0.717, 1.165) is 19.6 Å². The first kappa shape index (κ1) is 16.9. The van der Waals surface area contributed by atoms with Gasteiger partial charge in [0, 0.05) is 5.69 Å². The molecule has 0 spiro atoms. The lowest BCUT2D eigenvalue weighted by Gasteiger charge is -2.39. The summed E-state index contributed by atoms with van der Waals surface area (Å²) in [6, 6.07) is 15.8. The maximum atomic E-state index is 13.8. The van der Waals surface area contributed by atoms with Gasteiger partial charge in [-0.25, -0.2) is 4.39 Å². The van der Waals surface area contributed by atoms with Crippen molar-refractivity contribution in [2.24, 2.45) is 0 Å². The quantitative estimate of drug-likeness (QED) is 0.817. The van der Waals surface area contributed by atoms with E-state index in [2.05, 4.69) is 41.5 Å². The van der Waals surface area contributed by atoms with Gasteiger partial charge in [0.2, 0.25) is 0 Å². The van der Waals surface area contributed by atoms with Crippen LogP contribution < -0.4 is 10.2 Å². The summed E-state index contributed by atoms with van der Waals surface area (Å²) in [4.78, 5) is 3.71. The average molecular weight is 344 g/mol. The second kappa shape index (κ2) is 7.28. The van der Waals surface area contributed by atoms with Gasteiger partial charge in [-0.1, -0.05) is 36.4 Å². The van der Waals surface area contributed by atoms with Gasteiger partial charge in [-0.3, -0.25) is 0 Å². The monoisotopic (exact) mass is 344 g/mol. The Morgan fingerprint density at radius 3 is 2.71 bits per heavy atom. The molecule has 0 bridgehead atoms. The number of nitrogens with zero attached hydrogens (tertiary/aromatic N) is 1. The van der Waals surface area contributed by atoms with E-state index in [1.807, 2.05) is 12.1 Å². The highest BCUT2D eigenvalue weighted by atomic mass is 32.1. The number of likely N-dealkylation sites (N-methyl/N-ethyl adjacent to an activating group) is 1. The van der Waals surface area contributed by atoms with E-state index in [1.165, 1.54) is 16.5 Å². The van der Waals surface area contributed by atoms with Crippen LogP contribution in [0.2, 0.25) is 0 Å². The number of halogens is 1. The number of aryl methyl sites for hydroxylation is 1. The SMILES string of the molecule is Cc1ccc(NC(=S)N2CC[NH+](C)C[C@@H]2c2ccccc2)cc1F. The molecule has 126 valence electrons. The Morgan fingerprint density at radius 1 is 1.25 bits per heavy atom. The molecule has 1 heterocycles. The summed E-state index contributed by atoms with van der Waals surface area (Å²) in [5.74, 6) is -0.217. The summed E-state index contributed by atoms with van der Waals surface area (Å²) in [5, 5.41) is 3.85. The van der Waals surface area contributed by atoms with Gasteiger partial charge in [0.05, 0.1) is 20.1 Å². The Balaban J connectivity index is 1.79. The Labute approximate surface area is 148 Å². The number of hydrogen-bond donors (Lipinski definition) is 2. The average Bonchev–Trinajstić information content (AvgIpc) is 2.59. The highest BCUT2D eigenvalue weighted by Gasteiger charge is 2.30. The van der Waals surface area contributed by atoms with Gasteiger partial charge >= 0.3 is 0 Å². The molecule has 0 saturated carbocycles. The number of quaternary nitrogens is 1. The largest absolute Gasteiger partial charge is 0.334 e. The van der Waals surface area contributed by atoms with Crippen LogP contribution in [0.25, 0.3) is 0 Å². The summed E-state index contributed by atoms with van der Waals surface area (Å²) >= 11 is 5.63. The summed E-state index contributed by atoms with van der Waals surface area (Å²) in [7, 11) is 2.21. The van der Waals surface area contributed by atoms with Crippen LogP contribution in [-0.2, 0) is 0 Å². The zero-order valence-corrected chi connectivity index (χ0v) is 14.9. The van der Waals surface area contributed by atoms with Crippen molar-refractivity contribution < 1.29 is 9.29 Å². The molecule has 0 aromatic heterocycles.